The van der Waals surface area contributed by atoms with Crippen LogP contribution >= 0.6 is 11.6 Å². The lowest BCUT2D eigenvalue weighted by molar-refractivity contribution is 0.0673. The van der Waals surface area contributed by atoms with Crippen molar-refractivity contribution in [2.75, 3.05) is 6.54 Å². The summed E-state index contributed by atoms with van der Waals surface area (Å²) >= 11 is 6.25. The maximum absolute atomic E-state index is 12.7. The molecule has 0 radical (unpaired) electrons. The first kappa shape index (κ1) is 15.1. The van der Waals surface area contributed by atoms with Gasteiger partial charge >= 0.3 is 0 Å². The molecule has 1 fully saturated rings. The molecule has 1 aliphatic rings. The van der Waals surface area contributed by atoms with Crippen LogP contribution in [0.1, 0.15) is 41.0 Å². The normalized spacial score (nSPS) is 14.6. The summed E-state index contributed by atoms with van der Waals surface area (Å²) < 4.78 is 0. The second kappa shape index (κ2) is 6.53. The Bertz CT molecular complexity index is 663. The number of carbonyl (C=O) groups is 1. The van der Waals surface area contributed by atoms with Crippen LogP contribution in [0.5, 0.6) is 0 Å². The number of carbonyl (C=O) groups excluding carboxylic acids is 1. The van der Waals surface area contributed by atoms with E-state index in [1.807, 2.05) is 36.1 Å². The Hall–Kier alpha value is -1.81. The van der Waals surface area contributed by atoms with Crippen molar-refractivity contribution in [3.05, 3.63) is 52.3 Å². The van der Waals surface area contributed by atoms with Gasteiger partial charge in [-0.15, -0.1) is 0 Å². The quantitative estimate of drug-likeness (QED) is 0.911. The molecule has 22 heavy (non-hydrogen) atoms. The Kier molecular flexibility index (Phi) is 4.48. The molecule has 2 aromatic rings. The van der Waals surface area contributed by atoms with Crippen LogP contribution < -0.4 is 0 Å². The fourth-order valence-corrected chi connectivity index (χ4v) is 2.92. The van der Waals surface area contributed by atoms with E-state index in [0.29, 0.717) is 23.2 Å². The minimum Gasteiger partial charge on any atom is -0.333 e. The predicted molar refractivity (Wildman–Crippen MR) is 86.9 cm³/mol. The van der Waals surface area contributed by atoms with E-state index in [4.69, 9.17) is 11.6 Å². The van der Waals surface area contributed by atoms with Crippen LogP contribution in [0.25, 0.3) is 0 Å². The van der Waals surface area contributed by atoms with E-state index >= 15 is 0 Å². The van der Waals surface area contributed by atoms with Crippen LogP contribution in [0.15, 0.2) is 30.3 Å². The first-order valence-corrected chi connectivity index (χ1v) is 8.06. The molecule has 1 amide bonds. The van der Waals surface area contributed by atoms with Crippen LogP contribution in [-0.2, 0) is 6.54 Å². The number of H-pyrrole nitrogens is 1. The molecule has 116 valence electrons. The summed E-state index contributed by atoms with van der Waals surface area (Å²) in [7, 11) is 0. The third kappa shape index (κ3) is 3.33. The van der Waals surface area contributed by atoms with Crippen molar-refractivity contribution in [1.29, 1.82) is 0 Å². The van der Waals surface area contributed by atoms with E-state index in [-0.39, 0.29) is 5.91 Å². The summed E-state index contributed by atoms with van der Waals surface area (Å²) in [6.07, 6.45) is 3.66. The van der Waals surface area contributed by atoms with Gasteiger partial charge < -0.3 is 4.90 Å². The monoisotopic (exact) mass is 317 g/mol. The highest BCUT2D eigenvalue weighted by atomic mass is 35.5. The summed E-state index contributed by atoms with van der Waals surface area (Å²) in [6.45, 7) is 3.20. The van der Waals surface area contributed by atoms with E-state index in [1.165, 1.54) is 19.3 Å². The number of hydrogen-bond donors (Lipinski definition) is 1. The molecule has 4 nitrogen and oxygen atoms in total. The molecule has 0 bridgehead atoms. The van der Waals surface area contributed by atoms with Crippen molar-refractivity contribution in [3.63, 3.8) is 0 Å². The molecule has 1 saturated carbocycles. The van der Waals surface area contributed by atoms with E-state index in [2.05, 4.69) is 10.2 Å². The number of nitrogens with zero attached hydrogens (tertiary/aromatic N) is 2. The number of benzene rings is 1. The highest BCUT2D eigenvalue weighted by Crippen LogP contribution is 2.28. The number of aryl methyl sites for hydroxylation is 1. The molecule has 5 heteroatoms. The average molecular weight is 318 g/mol. The van der Waals surface area contributed by atoms with Gasteiger partial charge in [-0.05, 0) is 43.4 Å². The SMILES string of the molecule is Cc1cc(C(=O)N(Cc2ccccc2Cl)CC2CCC2)n[nH]1. The van der Waals surface area contributed by atoms with Gasteiger partial charge in [-0.25, -0.2) is 0 Å². The summed E-state index contributed by atoms with van der Waals surface area (Å²) in [5.41, 5.74) is 2.35. The first-order valence-electron chi connectivity index (χ1n) is 7.68. The molecule has 1 aliphatic carbocycles. The van der Waals surface area contributed by atoms with Crippen LogP contribution in [0.4, 0.5) is 0 Å². The fraction of sp³-hybridized carbons (Fsp3) is 0.412. The number of aromatic nitrogens is 2. The Labute approximate surface area is 135 Å². The maximum Gasteiger partial charge on any atom is 0.274 e. The van der Waals surface area contributed by atoms with Crippen molar-refractivity contribution in [2.45, 2.75) is 32.7 Å². The van der Waals surface area contributed by atoms with Gasteiger partial charge in [0.1, 0.15) is 5.69 Å². The topological polar surface area (TPSA) is 49.0 Å². The molecule has 0 unspecified atom stereocenters. The number of nitrogens with one attached hydrogen (secondary N) is 1. The maximum atomic E-state index is 12.7. The number of aromatic amines is 1. The zero-order valence-corrected chi connectivity index (χ0v) is 13.4. The van der Waals surface area contributed by atoms with Crippen molar-refractivity contribution in [3.8, 4) is 0 Å². The zero-order valence-electron chi connectivity index (χ0n) is 12.7. The summed E-state index contributed by atoms with van der Waals surface area (Å²) in [5.74, 6) is 0.572. The summed E-state index contributed by atoms with van der Waals surface area (Å²) in [6, 6.07) is 9.48. The van der Waals surface area contributed by atoms with Gasteiger partial charge in [0.25, 0.3) is 5.91 Å². The molecule has 1 aromatic carbocycles. The Morgan fingerprint density at radius 1 is 1.41 bits per heavy atom. The molecule has 0 atom stereocenters. The zero-order chi connectivity index (χ0) is 15.5. The smallest absolute Gasteiger partial charge is 0.274 e. The molecule has 0 spiro atoms. The Morgan fingerprint density at radius 2 is 2.18 bits per heavy atom. The average Bonchev–Trinajstić information content (AvgIpc) is 2.89. The van der Waals surface area contributed by atoms with Gasteiger partial charge in [0.2, 0.25) is 0 Å². The minimum atomic E-state index is -0.0313. The predicted octanol–water partition coefficient (Wildman–Crippen LogP) is 3.81. The molecule has 1 aromatic heterocycles. The van der Waals surface area contributed by atoms with Gasteiger partial charge in [0.15, 0.2) is 0 Å². The van der Waals surface area contributed by atoms with E-state index in [9.17, 15) is 4.79 Å². The molecule has 1 N–H and O–H groups in total. The number of hydrogen-bond acceptors (Lipinski definition) is 2. The third-order valence-corrected chi connectivity index (χ3v) is 4.60. The largest absolute Gasteiger partial charge is 0.333 e. The van der Waals surface area contributed by atoms with E-state index in [0.717, 1.165) is 17.8 Å². The summed E-state index contributed by atoms with van der Waals surface area (Å²) in [4.78, 5) is 14.6. The standard InChI is InChI=1S/C17H20ClN3O/c1-12-9-16(20-19-12)17(22)21(10-13-5-4-6-13)11-14-7-2-3-8-15(14)18/h2-3,7-9,13H,4-6,10-11H2,1H3,(H,19,20). The van der Waals surface area contributed by atoms with Crippen LogP contribution in [0.2, 0.25) is 5.02 Å². The van der Waals surface area contributed by atoms with Crippen molar-refractivity contribution < 1.29 is 4.79 Å². The van der Waals surface area contributed by atoms with Crippen LogP contribution in [0, 0.1) is 12.8 Å². The lowest BCUT2D eigenvalue weighted by atomic mass is 9.85. The fourth-order valence-electron chi connectivity index (χ4n) is 2.73. The molecule has 0 saturated heterocycles. The molecular weight excluding hydrogens is 298 g/mol. The Balaban J connectivity index is 1.80. The molecular formula is C17H20ClN3O. The van der Waals surface area contributed by atoms with Crippen molar-refractivity contribution >= 4 is 17.5 Å². The van der Waals surface area contributed by atoms with Gasteiger partial charge in [-0.3, -0.25) is 9.89 Å². The van der Waals surface area contributed by atoms with Gasteiger partial charge in [-0.1, -0.05) is 36.2 Å². The first-order chi connectivity index (χ1) is 10.6. The van der Waals surface area contributed by atoms with Crippen molar-refractivity contribution in [1.82, 2.24) is 15.1 Å². The number of rotatable bonds is 5. The molecule has 1 heterocycles. The van der Waals surface area contributed by atoms with Gasteiger partial charge in [0, 0.05) is 23.8 Å². The lowest BCUT2D eigenvalue weighted by Gasteiger charge is -2.32. The molecule has 3 rings (SSSR count). The summed E-state index contributed by atoms with van der Waals surface area (Å²) in [5, 5.41) is 7.64. The lowest BCUT2D eigenvalue weighted by Crippen LogP contribution is -2.37. The number of amides is 1. The highest BCUT2D eigenvalue weighted by Gasteiger charge is 2.26. The molecule has 0 aliphatic heterocycles. The van der Waals surface area contributed by atoms with Gasteiger partial charge in [0.05, 0.1) is 0 Å². The highest BCUT2D eigenvalue weighted by molar-refractivity contribution is 6.31. The van der Waals surface area contributed by atoms with Gasteiger partial charge in [-0.2, -0.15) is 5.10 Å². The minimum absolute atomic E-state index is 0.0313. The van der Waals surface area contributed by atoms with Crippen LogP contribution in [0.3, 0.4) is 0 Å². The second-order valence-electron chi connectivity index (χ2n) is 6.01. The third-order valence-electron chi connectivity index (χ3n) is 4.23. The number of halogens is 1. The van der Waals surface area contributed by atoms with E-state index in [1.54, 1.807) is 6.07 Å². The van der Waals surface area contributed by atoms with Crippen molar-refractivity contribution in [2.24, 2.45) is 5.92 Å². The van der Waals surface area contributed by atoms with Crippen LogP contribution in [-0.4, -0.2) is 27.5 Å². The Morgan fingerprint density at radius 3 is 2.77 bits per heavy atom. The second-order valence-corrected chi connectivity index (χ2v) is 6.42. The van der Waals surface area contributed by atoms with E-state index < -0.39 is 0 Å².